The molecule has 0 saturated heterocycles. The van der Waals surface area contributed by atoms with Gasteiger partial charge >= 0.3 is 0 Å². The molecule has 0 bridgehead atoms. The molecule has 1 atom stereocenters. The molecule has 0 saturated carbocycles. The van der Waals surface area contributed by atoms with E-state index in [1.165, 1.54) is 0 Å². The van der Waals surface area contributed by atoms with E-state index in [0.29, 0.717) is 12.6 Å². The molecule has 7 heteroatoms. The third-order valence-corrected chi connectivity index (χ3v) is 5.59. The van der Waals surface area contributed by atoms with Crippen LogP contribution in [-0.2, 0) is 6.54 Å². The Morgan fingerprint density at radius 1 is 1.27 bits per heavy atom. The van der Waals surface area contributed by atoms with Gasteiger partial charge in [0.05, 0.1) is 12.6 Å². The summed E-state index contributed by atoms with van der Waals surface area (Å²) in [7, 11) is 4.21. The molecule has 26 heavy (non-hydrogen) atoms. The first kappa shape index (κ1) is 21.3. The van der Waals surface area contributed by atoms with Crippen molar-refractivity contribution in [3.8, 4) is 5.75 Å². The van der Waals surface area contributed by atoms with Crippen molar-refractivity contribution >= 4 is 27.7 Å². The highest BCUT2D eigenvalue weighted by Crippen LogP contribution is 2.26. The number of aromatic nitrogens is 3. The predicted octanol–water partition coefficient (Wildman–Crippen LogP) is 5.02. The van der Waals surface area contributed by atoms with Crippen molar-refractivity contribution in [1.82, 2.24) is 19.7 Å². The van der Waals surface area contributed by atoms with Crippen LogP contribution in [0, 0.1) is 0 Å². The first-order valence-corrected chi connectivity index (χ1v) is 10.9. The highest BCUT2D eigenvalue weighted by molar-refractivity contribution is 9.10. The van der Waals surface area contributed by atoms with Crippen LogP contribution in [0.3, 0.4) is 0 Å². The zero-order chi connectivity index (χ0) is 18.9. The summed E-state index contributed by atoms with van der Waals surface area (Å²) in [6, 6.07) is 8.22. The average molecular weight is 441 g/mol. The van der Waals surface area contributed by atoms with E-state index >= 15 is 0 Å². The molecule has 0 aliphatic carbocycles. The normalized spacial score (nSPS) is 12.5. The lowest BCUT2D eigenvalue weighted by molar-refractivity contribution is 0.270. The SMILES string of the molecule is CCCCn1c(SCCOc2cccc(Br)c2)nnc1C(CC)N(C)C. The molecule has 2 aromatic rings. The number of benzene rings is 1. The molecule has 0 radical (unpaired) electrons. The molecule has 0 aliphatic rings. The summed E-state index contributed by atoms with van der Waals surface area (Å²) < 4.78 is 9.15. The molecular formula is C19H29BrN4OS. The van der Waals surface area contributed by atoms with Crippen LogP contribution in [0.1, 0.15) is 45.0 Å². The van der Waals surface area contributed by atoms with Crippen LogP contribution in [0.25, 0.3) is 0 Å². The summed E-state index contributed by atoms with van der Waals surface area (Å²) >= 11 is 5.18. The van der Waals surface area contributed by atoms with Crippen LogP contribution in [0.5, 0.6) is 5.75 Å². The Kier molecular flexibility index (Phi) is 8.95. The summed E-state index contributed by atoms with van der Waals surface area (Å²) in [4.78, 5) is 2.22. The zero-order valence-electron chi connectivity index (χ0n) is 16.1. The first-order valence-electron chi connectivity index (χ1n) is 9.17. The summed E-state index contributed by atoms with van der Waals surface area (Å²) in [6.07, 6.45) is 3.32. The first-order chi connectivity index (χ1) is 12.6. The fourth-order valence-corrected chi connectivity index (χ4v) is 3.97. The second kappa shape index (κ2) is 10.9. The number of ether oxygens (including phenoxy) is 1. The molecule has 2 rings (SSSR count). The molecule has 1 heterocycles. The summed E-state index contributed by atoms with van der Waals surface area (Å²) in [5.74, 6) is 2.79. The Labute approximate surface area is 169 Å². The zero-order valence-corrected chi connectivity index (χ0v) is 18.5. The molecule has 0 amide bonds. The quantitative estimate of drug-likeness (QED) is 0.362. The van der Waals surface area contributed by atoms with Gasteiger partial charge in [-0.1, -0.05) is 54.0 Å². The van der Waals surface area contributed by atoms with Crippen molar-refractivity contribution in [2.75, 3.05) is 26.5 Å². The van der Waals surface area contributed by atoms with E-state index in [0.717, 1.165) is 52.8 Å². The fourth-order valence-electron chi connectivity index (χ4n) is 2.81. The van der Waals surface area contributed by atoms with Crippen molar-refractivity contribution in [2.24, 2.45) is 0 Å². The molecular weight excluding hydrogens is 412 g/mol. The predicted molar refractivity (Wildman–Crippen MR) is 112 cm³/mol. The van der Waals surface area contributed by atoms with Gasteiger partial charge in [0, 0.05) is 16.8 Å². The molecule has 1 aromatic heterocycles. The Morgan fingerprint density at radius 3 is 2.73 bits per heavy atom. The Balaban J connectivity index is 2.00. The van der Waals surface area contributed by atoms with Gasteiger partial charge in [0.1, 0.15) is 5.75 Å². The van der Waals surface area contributed by atoms with Crippen molar-refractivity contribution in [1.29, 1.82) is 0 Å². The van der Waals surface area contributed by atoms with Crippen molar-refractivity contribution in [3.05, 3.63) is 34.6 Å². The van der Waals surface area contributed by atoms with Gasteiger partial charge in [-0.25, -0.2) is 0 Å². The molecule has 5 nitrogen and oxygen atoms in total. The number of hydrogen-bond donors (Lipinski definition) is 0. The van der Waals surface area contributed by atoms with Gasteiger partial charge < -0.3 is 9.30 Å². The van der Waals surface area contributed by atoms with E-state index in [1.54, 1.807) is 11.8 Å². The second-order valence-electron chi connectivity index (χ2n) is 6.39. The highest BCUT2D eigenvalue weighted by Gasteiger charge is 2.21. The number of hydrogen-bond acceptors (Lipinski definition) is 5. The number of nitrogens with zero attached hydrogens (tertiary/aromatic N) is 4. The van der Waals surface area contributed by atoms with E-state index in [1.807, 2.05) is 24.3 Å². The van der Waals surface area contributed by atoms with Crippen LogP contribution in [0.4, 0.5) is 0 Å². The highest BCUT2D eigenvalue weighted by atomic mass is 79.9. The van der Waals surface area contributed by atoms with Gasteiger partial charge in [-0.05, 0) is 45.1 Å². The molecule has 144 valence electrons. The monoisotopic (exact) mass is 440 g/mol. The third-order valence-electron chi connectivity index (χ3n) is 4.17. The van der Waals surface area contributed by atoms with Crippen LogP contribution < -0.4 is 4.74 Å². The largest absolute Gasteiger partial charge is 0.493 e. The maximum atomic E-state index is 5.83. The fraction of sp³-hybridized carbons (Fsp3) is 0.579. The summed E-state index contributed by atoms with van der Waals surface area (Å²) in [6.45, 7) is 6.02. The van der Waals surface area contributed by atoms with E-state index in [4.69, 9.17) is 4.74 Å². The maximum absolute atomic E-state index is 5.83. The molecule has 0 N–H and O–H groups in total. The van der Waals surface area contributed by atoms with Crippen LogP contribution >= 0.6 is 27.7 Å². The number of halogens is 1. The van der Waals surface area contributed by atoms with Crippen LogP contribution in [0.2, 0.25) is 0 Å². The Hall–Kier alpha value is -1.05. The van der Waals surface area contributed by atoms with Crippen LogP contribution in [-0.4, -0.2) is 46.1 Å². The lowest BCUT2D eigenvalue weighted by Crippen LogP contribution is -2.23. The molecule has 0 spiro atoms. The standard InChI is InChI=1S/C19H29BrN4OS/c1-5-7-11-24-18(17(6-2)23(3)4)21-22-19(24)26-13-12-25-16-10-8-9-15(20)14-16/h8-10,14,17H,5-7,11-13H2,1-4H3. The second-order valence-corrected chi connectivity index (χ2v) is 8.37. The minimum atomic E-state index is 0.298. The lowest BCUT2D eigenvalue weighted by Gasteiger charge is -2.23. The summed E-state index contributed by atoms with van der Waals surface area (Å²) in [5.41, 5.74) is 0. The molecule has 0 fully saturated rings. The number of rotatable bonds is 11. The average Bonchev–Trinajstić information content (AvgIpc) is 3.00. The minimum Gasteiger partial charge on any atom is -0.493 e. The Bertz CT molecular complexity index is 677. The Morgan fingerprint density at radius 2 is 2.08 bits per heavy atom. The van der Waals surface area contributed by atoms with Gasteiger partial charge in [0.25, 0.3) is 0 Å². The van der Waals surface area contributed by atoms with Gasteiger partial charge in [0.2, 0.25) is 0 Å². The van der Waals surface area contributed by atoms with E-state index in [-0.39, 0.29) is 0 Å². The van der Waals surface area contributed by atoms with E-state index in [2.05, 4.69) is 63.5 Å². The topological polar surface area (TPSA) is 43.2 Å². The maximum Gasteiger partial charge on any atom is 0.191 e. The summed E-state index contributed by atoms with van der Waals surface area (Å²) in [5, 5.41) is 9.97. The minimum absolute atomic E-state index is 0.298. The third kappa shape index (κ3) is 5.99. The molecule has 1 unspecified atom stereocenters. The van der Waals surface area contributed by atoms with Crippen molar-refractivity contribution in [3.63, 3.8) is 0 Å². The van der Waals surface area contributed by atoms with E-state index < -0.39 is 0 Å². The smallest absolute Gasteiger partial charge is 0.191 e. The number of thioether (sulfide) groups is 1. The van der Waals surface area contributed by atoms with Crippen molar-refractivity contribution in [2.45, 2.75) is 50.9 Å². The van der Waals surface area contributed by atoms with Gasteiger partial charge in [0.15, 0.2) is 11.0 Å². The van der Waals surface area contributed by atoms with E-state index in [9.17, 15) is 0 Å². The number of unbranched alkanes of at least 4 members (excludes halogenated alkanes) is 1. The van der Waals surface area contributed by atoms with Gasteiger partial charge in [-0.3, -0.25) is 4.90 Å². The van der Waals surface area contributed by atoms with Gasteiger partial charge in [-0.2, -0.15) is 0 Å². The van der Waals surface area contributed by atoms with Crippen molar-refractivity contribution < 1.29 is 4.74 Å². The molecule has 1 aromatic carbocycles. The van der Waals surface area contributed by atoms with Gasteiger partial charge in [-0.15, -0.1) is 10.2 Å². The van der Waals surface area contributed by atoms with Crippen LogP contribution in [0.15, 0.2) is 33.9 Å². The molecule has 0 aliphatic heterocycles. The lowest BCUT2D eigenvalue weighted by atomic mass is 10.2.